The maximum atomic E-state index is 11.8. The van der Waals surface area contributed by atoms with Crippen LogP contribution in [0.25, 0.3) is 23.3 Å². The number of benzene rings is 5. The van der Waals surface area contributed by atoms with E-state index in [4.69, 9.17) is 14.0 Å². The predicted molar refractivity (Wildman–Crippen MR) is 318 cm³/mol. The number of rotatable bonds is 16. The minimum atomic E-state index is -0.655. The van der Waals surface area contributed by atoms with Crippen LogP contribution in [0, 0.1) is 27.7 Å². The number of methoxy groups -OCH3 is 1. The minimum Gasteiger partial charge on any atom is -0.469 e. The zero-order chi connectivity index (χ0) is 55.1. The zero-order valence-electron chi connectivity index (χ0n) is 48.8. The Labute approximate surface area is 458 Å². The molecule has 0 radical (unpaired) electrons. The number of carbonyl (C=O) groups excluding carboxylic acids is 1. The SMILES string of the molecule is CCC(CC)(c1ccc(/C=C/C2(O)CCCCC2)c(C)c1)c1ccc(-c2cccc(CC(=O)OC)c2)c(C)c1.CCC(CC)(c1ccc(/C=C/C2(O)CCCCC2)c(C)c1)c1ccc(B2OC(C)(C)C(C)(C)O2)c(C)c1. The van der Waals surface area contributed by atoms with Crippen LogP contribution in [0.1, 0.15) is 206 Å². The lowest BCUT2D eigenvalue weighted by Crippen LogP contribution is -2.41. The second-order valence-electron chi connectivity index (χ2n) is 23.9. The summed E-state index contributed by atoms with van der Waals surface area (Å²) in [5, 5.41) is 21.8. The zero-order valence-corrected chi connectivity index (χ0v) is 48.8. The third-order valence-electron chi connectivity index (χ3n) is 18.6. The van der Waals surface area contributed by atoms with Crippen LogP contribution < -0.4 is 5.46 Å². The van der Waals surface area contributed by atoms with Gasteiger partial charge in [-0.1, -0.05) is 193 Å². The molecule has 3 aliphatic rings. The molecule has 3 fully saturated rings. The molecular weight excluding hydrogens is 936 g/mol. The van der Waals surface area contributed by atoms with E-state index in [1.165, 1.54) is 81.1 Å². The standard InChI is InChI=1S/C36H44O3.C33H47BO3/c1-6-36(7-2,31-15-14-29(26(3)22-31)18-21-35(38)19-9-8-10-20-35)32-16-17-33(27(4)23-32)30-13-11-12-28(24-30)25-34(37)39-5;1-9-33(10-2,27-15-14-26(24(3)22-27)18-21-32(35)19-12-11-13-20-32)28-16-17-29(25(4)23-28)34-36-30(5,6)31(7,8)37-34/h11-18,21-24,38H,6-10,19-20,25H2,1-5H3;14-18,21-23,35H,9-13,19-20H2,1-8H3/b2*21-18+. The van der Waals surface area contributed by atoms with Crippen LogP contribution in [0.2, 0.25) is 0 Å². The van der Waals surface area contributed by atoms with E-state index in [0.29, 0.717) is 0 Å². The number of carbonyl (C=O) groups is 1. The van der Waals surface area contributed by atoms with Gasteiger partial charge in [-0.2, -0.15) is 0 Å². The summed E-state index contributed by atoms with van der Waals surface area (Å²) in [7, 11) is 1.08. The lowest BCUT2D eigenvalue weighted by molar-refractivity contribution is -0.139. The molecule has 1 saturated heterocycles. The first-order valence-electron chi connectivity index (χ1n) is 28.9. The van der Waals surface area contributed by atoms with Crippen molar-refractivity contribution >= 4 is 30.7 Å². The van der Waals surface area contributed by atoms with E-state index < -0.39 is 11.2 Å². The Morgan fingerprint density at radius 1 is 0.566 bits per heavy atom. The topological polar surface area (TPSA) is 85.2 Å². The van der Waals surface area contributed by atoms with Gasteiger partial charge in [0.2, 0.25) is 0 Å². The summed E-state index contributed by atoms with van der Waals surface area (Å²) in [5.41, 5.74) is 14.9. The second kappa shape index (κ2) is 24.3. The Morgan fingerprint density at radius 3 is 1.39 bits per heavy atom. The van der Waals surface area contributed by atoms with Gasteiger partial charge in [-0.15, -0.1) is 0 Å². The maximum Gasteiger partial charge on any atom is 0.495 e. The Kier molecular flexibility index (Phi) is 18.8. The monoisotopic (exact) mass is 1030 g/mol. The summed E-state index contributed by atoms with van der Waals surface area (Å²) < 4.78 is 17.6. The first-order chi connectivity index (χ1) is 36.1. The van der Waals surface area contributed by atoms with Gasteiger partial charge in [-0.25, -0.2) is 0 Å². The highest BCUT2D eigenvalue weighted by molar-refractivity contribution is 6.62. The molecule has 0 unspecified atom stereocenters. The van der Waals surface area contributed by atoms with Crippen molar-refractivity contribution in [1.29, 1.82) is 0 Å². The Bertz CT molecular complexity index is 2830. The van der Waals surface area contributed by atoms with Crippen LogP contribution in [0.15, 0.2) is 109 Å². The van der Waals surface area contributed by atoms with Crippen molar-refractivity contribution < 1.29 is 29.1 Å². The Morgan fingerprint density at radius 2 is 0.987 bits per heavy atom. The summed E-state index contributed by atoms with van der Waals surface area (Å²) in [4.78, 5) is 11.8. The fourth-order valence-corrected chi connectivity index (χ4v) is 12.5. The number of aryl methyl sites for hydroxylation is 4. The maximum absolute atomic E-state index is 11.8. The van der Waals surface area contributed by atoms with Crippen LogP contribution >= 0.6 is 0 Å². The summed E-state index contributed by atoms with van der Waals surface area (Å²) in [6, 6.07) is 35.6. The average molecular weight is 1030 g/mol. The van der Waals surface area contributed by atoms with Crippen LogP contribution in [-0.4, -0.2) is 52.8 Å². The molecule has 5 aromatic rings. The van der Waals surface area contributed by atoms with Gasteiger partial charge in [0.25, 0.3) is 0 Å². The second-order valence-corrected chi connectivity index (χ2v) is 23.9. The van der Waals surface area contributed by atoms with E-state index in [-0.39, 0.29) is 41.5 Å². The first kappa shape index (κ1) is 58.6. The quantitative estimate of drug-likeness (QED) is 0.0757. The fraction of sp³-hybridized carbons (Fsp3) is 0.493. The molecule has 0 aromatic heterocycles. The molecule has 76 heavy (non-hydrogen) atoms. The number of ether oxygens (including phenoxy) is 1. The third-order valence-corrected chi connectivity index (χ3v) is 18.6. The molecule has 2 N–H and O–H groups in total. The number of hydrogen-bond donors (Lipinski definition) is 2. The van der Waals surface area contributed by atoms with Gasteiger partial charge in [0.15, 0.2) is 0 Å². The van der Waals surface area contributed by atoms with E-state index in [1.54, 1.807) is 0 Å². The van der Waals surface area contributed by atoms with Crippen molar-refractivity contribution in [2.24, 2.45) is 0 Å². The predicted octanol–water partition coefficient (Wildman–Crippen LogP) is 15.9. The van der Waals surface area contributed by atoms with Gasteiger partial charge in [0, 0.05) is 10.8 Å². The number of esters is 1. The number of hydrogen-bond acceptors (Lipinski definition) is 6. The molecule has 6 nitrogen and oxygen atoms in total. The van der Waals surface area contributed by atoms with Gasteiger partial charge < -0.3 is 24.3 Å². The molecule has 7 heteroatoms. The molecule has 1 aliphatic heterocycles. The molecule has 0 atom stereocenters. The molecule has 406 valence electrons. The van der Waals surface area contributed by atoms with Crippen LogP contribution in [0.3, 0.4) is 0 Å². The molecule has 8 rings (SSSR count). The molecule has 2 aliphatic carbocycles. The smallest absolute Gasteiger partial charge is 0.469 e. The molecule has 0 bridgehead atoms. The highest BCUT2D eigenvalue weighted by Gasteiger charge is 2.52. The van der Waals surface area contributed by atoms with Gasteiger partial charge >= 0.3 is 13.1 Å². The lowest BCUT2D eigenvalue weighted by atomic mass is 9.68. The van der Waals surface area contributed by atoms with Gasteiger partial charge in [-0.05, 0) is 179 Å². The van der Waals surface area contributed by atoms with Crippen molar-refractivity contribution in [2.75, 3.05) is 7.11 Å². The van der Waals surface area contributed by atoms with Crippen molar-refractivity contribution in [3.63, 3.8) is 0 Å². The highest BCUT2D eigenvalue weighted by Crippen LogP contribution is 2.44. The summed E-state index contributed by atoms with van der Waals surface area (Å²) in [6.45, 7) is 26.3. The Hall–Kier alpha value is -5.05. The fourth-order valence-electron chi connectivity index (χ4n) is 12.5. The average Bonchev–Trinajstić information content (AvgIpc) is 3.64. The summed E-state index contributed by atoms with van der Waals surface area (Å²) in [5.74, 6) is -0.225. The third kappa shape index (κ3) is 12.8. The van der Waals surface area contributed by atoms with Crippen molar-refractivity contribution in [3.8, 4) is 11.1 Å². The van der Waals surface area contributed by atoms with Crippen LogP contribution in [-0.2, 0) is 36.1 Å². The molecule has 2 saturated carbocycles. The molecule has 0 spiro atoms. The van der Waals surface area contributed by atoms with E-state index >= 15 is 0 Å². The lowest BCUT2D eigenvalue weighted by Gasteiger charge is -2.34. The largest absolute Gasteiger partial charge is 0.495 e. The van der Waals surface area contributed by atoms with Crippen LogP contribution in [0.5, 0.6) is 0 Å². The molecule has 5 aromatic carbocycles. The molecule has 1 heterocycles. The van der Waals surface area contributed by atoms with Crippen molar-refractivity contribution in [1.82, 2.24) is 0 Å². The number of aliphatic hydroxyl groups is 2. The summed E-state index contributed by atoms with van der Waals surface area (Å²) >= 11 is 0. The minimum absolute atomic E-state index is 0.0617. The van der Waals surface area contributed by atoms with E-state index in [1.807, 2.05) is 24.3 Å². The van der Waals surface area contributed by atoms with Crippen molar-refractivity contribution in [2.45, 2.75) is 213 Å². The highest BCUT2D eigenvalue weighted by atomic mass is 16.7. The van der Waals surface area contributed by atoms with E-state index in [2.05, 4.69) is 180 Å². The normalized spacial score (nSPS) is 18.2. The molecule has 0 amide bonds. The summed E-state index contributed by atoms with van der Waals surface area (Å²) in [6.07, 6.45) is 23.0. The Balaban J connectivity index is 0.000000221. The van der Waals surface area contributed by atoms with E-state index in [9.17, 15) is 15.0 Å². The van der Waals surface area contributed by atoms with Gasteiger partial charge in [-0.3, -0.25) is 4.79 Å². The van der Waals surface area contributed by atoms with Crippen LogP contribution in [0.4, 0.5) is 0 Å². The molecular formula is C69H91BO6. The van der Waals surface area contributed by atoms with Crippen molar-refractivity contribution in [3.05, 3.63) is 170 Å². The first-order valence-corrected chi connectivity index (χ1v) is 28.9. The van der Waals surface area contributed by atoms with E-state index in [0.717, 1.165) is 93.6 Å². The van der Waals surface area contributed by atoms with Gasteiger partial charge in [0.1, 0.15) is 0 Å². The van der Waals surface area contributed by atoms with Gasteiger partial charge in [0.05, 0.1) is 35.9 Å².